The SMILES string of the molecule is CCC1(C)CN(S(=O)(=O)c2ccccc2)c2cc(F)cc(N3CCNCC3)c2O1. The second-order valence-corrected chi connectivity index (χ2v) is 9.60. The summed E-state index contributed by atoms with van der Waals surface area (Å²) in [4.78, 5) is 2.23. The predicted molar refractivity (Wildman–Crippen MR) is 112 cm³/mol. The Balaban J connectivity index is 1.89. The second kappa shape index (κ2) is 7.50. The molecule has 0 aliphatic carbocycles. The largest absolute Gasteiger partial charge is 0.481 e. The summed E-state index contributed by atoms with van der Waals surface area (Å²) in [7, 11) is -3.87. The molecular weight excluding hydrogens is 393 g/mol. The van der Waals surface area contributed by atoms with E-state index in [0.717, 1.165) is 13.1 Å². The fourth-order valence-corrected chi connectivity index (χ4v) is 5.37. The summed E-state index contributed by atoms with van der Waals surface area (Å²) in [6, 6.07) is 11.0. The predicted octanol–water partition coefficient (Wildman–Crippen LogP) is 2.99. The van der Waals surface area contributed by atoms with Crippen LogP contribution in [0.2, 0.25) is 0 Å². The molecule has 8 heteroatoms. The van der Waals surface area contributed by atoms with E-state index in [1.165, 1.54) is 16.4 Å². The Kier molecular flexibility index (Phi) is 5.16. The van der Waals surface area contributed by atoms with Crippen molar-refractivity contribution in [3.63, 3.8) is 0 Å². The molecule has 1 N–H and O–H groups in total. The molecule has 0 bridgehead atoms. The minimum atomic E-state index is -3.87. The number of fused-ring (bicyclic) bond motifs is 1. The van der Waals surface area contributed by atoms with Gasteiger partial charge in [-0.2, -0.15) is 0 Å². The number of sulfonamides is 1. The maximum absolute atomic E-state index is 14.6. The van der Waals surface area contributed by atoms with Gasteiger partial charge < -0.3 is 15.0 Å². The van der Waals surface area contributed by atoms with E-state index >= 15 is 0 Å². The number of hydrogen-bond donors (Lipinski definition) is 1. The van der Waals surface area contributed by atoms with Crippen molar-refractivity contribution in [2.24, 2.45) is 0 Å². The highest BCUT2D eigenvalue weighted by molar-refractivity contribution is 7.92. The topological polar surface area (TPSA) is 61.9 Å². The molecular formula is C21H26FN3O3S. The Hall–Kier alpha value is -2.32. The van der Waals surface area contributed by atoms with Crippen molar-refractivity contribution >= 4 is 21.4 Å². The molecule has 2 aliphatic heterocycles. The van der Waals surface area contributed by atoms with Crippen LogP contribution >= 0.6 is 0 Å². The van der Waals surface area contributed by atoms with Crippen LogP contribution in [0.25, 0.3) is 0 Å². The van der Waals surface area contributed by atoms with E-state index in [1.807, 2.05) is 18.7 Å². The zero-order valence-electron chi connectivity index (χ0n) is 16.7. The van der Waals surface area contributed by atoms with Crippen molar-refractivity contribution in [1.29, 1.82) is 0 Å². The third-order valence-corrected chi connectivity index (χ3v) is 7.42. The molecule has 29 heavy (non-hydrogen) atoms. The molecule has 0 radical (unpaired) electrons. The lowest BCUT2D eigenvalue weighted by Gasteiger charge is -2.43. The number of benzene rings is 2. The van der Waals surface area contributed by atoms with Gasteiger partial charge in [-0.3, -0.25) is 4.31 Å². The Morgan fingerprint density at radius 2 is 1.79 bits per heavy atom. The third kappa shape index (κ3) is 3.67. The number of nitrogens with zero attached hydrogens (tertiary/aromatic N) is 2. The fraction of sp³-hybridized carbons (Fsp3) is 0.429. The van der Waals surface area contributed by atoms with E-state index in [2.05, 4.69) is 5.32 Å². The molecule has 1 saturated heterocycles. The highest BCUT2D eigenvalue weighted by Gasteiger charge is 2.42. The highest BCUT2D eigenvalue weighted by atomic mass is 32.2. The standard InChI is InChI=1S/C21H26FN3O3S/c1-3-21(2)15-25(29(26,27)17-7-5-4-6-8-17)19-14-16(22)13-18(20(19)28-21)24-11-9-23-10-12-24/h4-8,13-14,23H,3,9-12,15H2,1-2H3. The number of anilines is 2. The Labute approximate surface area is 171 Å². The molecule has 0 aromatic heterocycles. The summed E-state index contributed by atoms with van der Waals surface area (Å²) in [5.74, 6) is -0.0438. The summed E-state index contributed by atoms with van der Waals surface area (Å²) in [6.07, 6.45) is 0.617. The molecule has 1 fully saturated rings. The first-order valence-electron chi connectivity index (χ1n) is 9.90. The molecule has 156 valence electrons. The van der Waals surface area contributed by atoms with Crippen molar-refractivity contribution in [3.8, 4) is 5.75 Å². The summed E-state index contributed by atoms with van der Waals surface area (Å²) in [6.45, 7) is 6.95. The van der Waals surface area contributed by atoms with Crippen LogP contribution in [0.4, 0.5) is 15.8 Å². The van der Waals surface area contributed by atoms with E-state index in [4.69, 9.17) is 4.74 Å². The lowest BCUT2D eigenvalue weighted by molar-refractivity contribution is 0.0863. The zero-order chi connectivity index (χ0) is 20.6. The molecule has 4 rings (SSSR count). The maximum Gasteiger partial charge on any atom is 0.264 e. The lowest BCUT2D eigenvalue weighted by Crippen LogP contribution is -2.51. The van der Waals surface area contributed by atoms with Gasteiger partial charge in [0, 0.05) is 38.3 Å². The minimum Gasteiger partial charge on any atom is -0.481 e. The average Bonchev–Trinajstić information content (AvgIpc) is 2.74. The number of hydrogen-bond acceptors (Lipinski definition) is 5. The van der Waals surface area contributed by atoms with Gasteiger partial charge >= 0.3 is 0 Å². The first-order chi connectivity index (χ1) is 13.8. The third-order valence-electron chi connectivity index (χ3n) is 5.65. The van der Waals surface area contributed by atoms with Crippen LogP contribution in [-0.4, -0.2) is 46.7 Å². The lowest BCUT2D eigenvalue weighted by atomic mass is 10.0. The van der Waals surface area contributed by atoms with Gasteiger partial charge in [0.25, 0.3) is 10.0 Å². The van der Waals surface area contributed by atoms with Gasteiger partial charge in [0.1, 0.15) is 11.4 Å². The second-order valence-electron chi connectivity index (χ2n) is 7.74. The Bertz CT molecular complexity index is 994. The summed E-state index contributed by atoms with van der Waals surface area (Å²) >= 11 is 0. The van der Waals surface area contributed by atoms with E-state index in [-0.39, 0.29) is 17.1 Å². The molecule has 2 aromatic carbocycles. The Morgan fingerprint density at radius 3 is 2.45 bits per heavy atom. The number of rotatable bonds is 4. The molecule has 1 atom stereocenters. The van der Waals surface area contributed by atoms with Crippen LogP contribution in [0.15, 0.2) is 47.4 Å². The van der Waals surface area contributed by atoms with Gasteiger partial charge in [0.15, 0.2) is 5.75 Å². The normalized spacial score (nSPS) is 22.2. The first kappa shape index (κ1) is 20.0. The van der Waals surface area contributed by atoms with Gasteiger partial charge in [-0.25, -0.2) is 12.8 Å². The van der Waals surface area contributed by atoms with E-state index in [0.29, 0.717) is 30.9 Å². The van der Waals surface area contributed by atoms with Gasteiger partial charge in [-0.15, -0.1) is 0 Å². The maximum atomic E-state index is 14.6. The smallest absolute Gasteiger partial charge is 0.264 e. The fourth-order valence-electron chi connectivity index (χ4n) is 3.78. The minimum absolute atomic E-state index is 0.123. The molecule has 2 aliphatic rings. The van der Waals surface area contributed by atoms with E-state index in [9.17, 15) is 12.8 Å². The quantitative estimate of drug-likeness (QED) is 0.826. The van der Waals surface area contributed by atoms with Crippen LogP contribution < -0.4 is 19.3 Å². The van der Waals surface area contributed by atoms with Gasteiger partial charge in [0.05, 0.1) is 22.8 Å². The summed E-state index contributed by atoms with van der Waals surface area (Å²) < 4.78 is 49.2. The number of halogens is 1. The average molecular weight is 420 g/mol. The van der Waals surface area contributed by atoms with E-state index < -0.39 is 21.4 Å². The van der Waals surface area contributed by atoms with Crippen LogP contribution in [0.1, 0.15) is 20.3 Å². The van der Waals surface area contributed by atoms with Crippen molar-refractivity contribution in [3.05, 3.63) is 48.3 Å². The van der Waals surface area contributed by atoms with Crippen LogP contribution in [0.5, 0.6) is 5.75 Å². The van der Waals surface area contributed by atoms with Gasteiger partial charge in [-0.05, 0) is 25.5 Å². The monoisotopic (exact) mass is 419 g/mol. The molecule has 0 spiro atoms. The Morgan fingerprint density at radius 1 is 1.14 bits per heavy atom. The first-order valence-corrected chi connectivity index (χ1v) is 11.3. The molecule has 1 unspecified atom stereocenters. The summed E-state index contributed by atoms with van der Waals surface area (Å²) in [5.41, 5.74) is 0.151. The van der Waals surface area contributed by atoms with Crippen LogP contribution in [0, 0.1) is 5.82 Å². The molecule has 0 saturated carbocycles. The van der Waals surface area contributed by atoms with Gasteiger partial charge in [0.2, 0.25) is 0 Å². The van der Waals surface area contributed by atoms with Crippen LogP contribution in [0.3, 0.4) is 0 Å². The number of ether oxygens (including phenoxy) is 1. The van der Waals surface area contributed by atoms with E-state index in [1.54, 1.807) is 30.3 Å². The van der Waals surface area contributed by atoms with Crippen LogP contribution in [-0.2, 0) is 10.0 Å². The zero-order valence-corrected chi connectivity index (χ0v) is 17.5. The molecule has 6 nitrogen and oxygen atoms in total. The highest BCUT2D eigenvalue weighted by Crippen LogP contribution is 2.47. The van der Waals surface area contributed by atoms with Crippen molar-refractivity contribution in [2.45, 2.75) is 30.8 Å². The molecule has 0 amide bonds. The van der Waals surface area contributed by atoms with Crippen molar-refractivity contribution < 1.29 is 17.5 Å². The van der Waals surface area contributed by atoms with Gasteiger partial charge in [-0.1, -0.05) is 25.1 Å². The number of piperazine rings is 1. The van der Waals surface area contributed by atoms with Crippen molar-refractivity contribution in [1.82, 2.24) is 5.32 Å². The molecule has 2 aromatic rings. The number of nitrogens with one attached hydrogen (secondary N) is 1. The summed E-state index contributed by atoms with van der Waals surface area (Å²) in [5, 5.41) is 3.28. The molecule has 2 heterocycles. The van der Waals surface area contributed by atoms with Crippen molar-refractivity contribution in [2.75, 3.05) is 41.9 Å².